The van der Waals surface area contributed by atoms with Gasteiger partial charge in [0, 0.05) is 120 Å². The Morgan fingerprint density at radius 1 is 0.262 bits per heavy atom. The quantitative estimate of drug-likeness (QED) is 0.0537. The van der Waals surface area contributed by atoms with E-state index in [-0.39, 0.29) is 92.0 Å². The SMILES string of the molecule is CC(=O)C=C(C)O.Cc1c[c-]c(-c2ccccn2)cc1.Cc1c[c-]c(-c2ccccn2)cc1.Cc1c[c-]c(-c2ccccn2)cc1.Cc1ccc(C)c(-c2ccc3c(c2)-c2cccc[n+]2C3)c1.[Ir+3].[Ir+3].[Ir].[Ir].[c-]1ccc(-c2ccccc2)cc1-c1ccccn1.[c-]1ccccc1-c1ccccn1.[c-]1ccccc1-c1ccccn1.[c-]1ccccc1-c1ccccn1.[c-]1ccccc1-c1ccccn1.[c-]1ccccc1-c1ccccn1. The van der Waals surface area contributed by atoms with Gasteiger partial charge in [0.25, 0.3) is 0 Å². The molecule has 1 aliphatic rings. The number of carbonyl (C=O) groups excluding carboxylic acids is 1. The molecule has 12 aromatic carbocycles. The van der Waals surface area contributed by atoms with Gasteiger partial charge in [0.2, 0.25) is 5.69 Å². The molecule has 16 heteroatoms. The van der Waals surface area contributed by atoms with E-state index in [1.807, 2.05) is 346 Å². The Labute approximate surface area is 931 Å². The molecule has 1 N–H and O–H groups in total. The second kappa shape index (κ2) is 65.4. The number of aliphatic hydroxyl groups is 1. The standard InChI is InChI=1S/C20H18N.C17H12N.3C12H10N.5C11H8N.C5H8O2.4Ir/c1-14-6-7-15(2)18(11-14)16-8-9-17-13-21-10-4-3-5-20(21)19(17)12-16;1-2-7-14(8-3-1)15-9-6-10-16(13-15)17-11-4-5-12-18-17;3*1-10-5-7-11(8-6-10)12-4-2-3-9-13-12;5*1-2-6-10(7-3-1)11-8-4-5-9-12-11;1-4(6)3-5(2)7;;;;/h3-12H,13H2,1-2H3;1-9,11-13H;3*2-7,9H,1H3;5*1-6,8-9H;3,6H,1-2H3;;;;/q+1;9*-1;;;;2*+3. The minimum absolute atomic E-state index is 0. The predicted octanol–water partition coefficient (Wildman–Crippen LogP) is 30.8. The molecule has 10 aromatic heterocycles. The molecular formula is C133H108Ir4N10O2-2. The molecule has 0 saturated heterocycles. The first-order valence-electron chi connectivity index (χ1n) is 47.4. The van der Waals surface area contributed by atoms with Gasteiger partial charge in [-0.2, -0.15) is 4.57 Å². The molecule has 149 heavy (non-hydrogen) atoms. The van der Waals surface area contributed by atoms with Crippen LogP contribution in [0.5, 0.6) is 0 Å². The van der Waals surface area contributed by atoms with E-state index < -0.39 is 0 Å². The number of benzene rings is 12. The van der Waals surface area contributed by atoms with Gasteiger partial charge in [-0.05, 0) is 168 Å². The van der Waals surface area contributed by atoms with Crippen LogP contribution in [0.25, 0.3) is 135 Å². The van der Waals surface area contributed by atoms with Crippen LogP contribution in [0.4, 0.5) is 0 Å². The maximum atomic E-state index is 10.0. The molecule has 740 valence electrons. The van der Waals surface area contributed by atoms with Crippen LogP contribution < -0.4 is 4.57 Å². The number of aromatic nitrogens is 10. The molecule has 23 rings (SSSR count). The summed E-state index contributed by atoms with van der Waals surface area (Å²) in [6, 6.07) is 175. The topological polar surface area (TPSA) is 157 Å². The van der Waals surface area contributed by atoms with Crippen molar-refractivity contribution in [3.05, 3.63) is 605 Å². The van der Waals surface area contributed by atoms with Gasteiger partial charge in [-0.15, -0.1) is 321 Å². The molecule has 0 amide bonds. The van der Waals surface area contributed by atoms with Gasteiger partial charge < -0.3 is 50.0 Å². The average Bonchev–Trinajstić information content (AvgIpc) is 1.63. The maximum absolute atomic E-state index is 10.0. The number of aliphatic hydroxyl groups excluding tert-OH is 1. The summed E-state index contributed by atoms with van der Waals surface area (Å²) < 4.78 is 2.32. The van der Waals surface area contributed by atoms with E-state index in [4.69, 9.17) is 5.11 Å². The number of fused-ring (bicyclic) bond motifs is 3. The van der Waals surface area contributed by atoms with E-state index in [9.17, 15) is 4.79 Å². The molecule has 12 nitrogen and oxygen atoms in total. The van der Waals surface area contributed by atoms with Crippen LogP contribution >= 0.6 is 0 Å². The van der Waals surface area contributed by atoms with Crippen molar-refractivity contribution in [3.63, 3.8) is 0 Å². The minimum atomic E-state index is -0.125. The zero-order valence-corrected chi connectivity index (χ0v) is 92.9. The normalized spacial score (nSPS) is 9.97. The van der Waals surface area contributed by atoms with E-state index in [1.165, 1.54) is 86.8 Å². The van der Waals surface area contributed by atoms with E-state index >= 15 is 0 Å². The Morgan fingerprint density at radius 3 is 0.839 bits per heavy atom. The third-order valence-electron chi connectivity index (χ3n) is 21.6. The molecule has 0 spiro atoms. The molecule has 0 atom stereocenters. The van der Waals surface area contributed by atoms with Crippen LogP contribution in [-0.2, 0) is 91.8 Å². The second-order valence-electron chi connectivity index (χ2n) is 32.8. The second-order valence-corrected chi connectivity index (χ2v) is 32.8. The van der Waals surface area contributed by atoms with Gasteiger partial charge in [-0.25, -0.2) is 0 Å². The van der Waals surface area contributed by atoms with Crippen molar-refractivity contribution in [1.82, 2.24) is 44.9 Å². The summed E-state index contributed by atoms with van der Waals surface area (Å²) >= 11 is 0. The molecule has 0 saturated carbocycles. The Kier molecular flexibility index (Phi) is 51.2. The molecule has 0 unspecified atom stereocenters. The third-order valence-corrected chi connectivity index (χ3v) is 21.6. The van der Waals surface area contributed by atoms with Crippen molar-refractivity contribution in [2.75, 3.05) is 0 Å². The number of carbonyl (C=O) groups is 1. The number of hydrogen-bond acceptors (Lipinski definition) is 11. The number of nitrogens with zero attached hydrogens (tertiary/aromatic N) is 10. The molecule has 2 radical (unpaired) electrons. The minimum Gasteiger partial charge on any atom is -0.512 e. The summed E-state index contributed by atoms with van der Waals surface area (Å²) in [5, 5.41) is 8.36. The number of hydrogen-bond donors (Lipinski definition) is 1. The van der Waals surface area contributed by atoms with Crippen LogP contribution in [0.1, 0.15) is 47.2 Å². The summed E-state index contributed by atoms with van der Waals surface area (Å²) in [4.78, 5) is 48.2. The van der Waals surface area contributed by atoms with Crippen LogP contribution in [0.15, 0.2) is 517 Å². The molecule has 1 aliphatic heterocycles. The van der Waals surface area contributed by atoms with Crippen molar-refractivity contribution < 1.29 is 94.9 Å². The number of ketones is 1. The summed E-state index contributed by atoms with van der Waals surface area (Å²) in [5.41, 5.74) is 33.6. The fourth-order valence-electron chi connectivity index (χ4n) is 14.4. The zero-order valence-electron chi connectivity index (χ0n) is 83.4. The smallest absolute Gasteiger partial charge is 0.512 e. The Morgan fingerprint density at radius 2 is 0.557 bits per heavy atom. The fraction of sp³-hybridized carbons (Fsp3) is 0.0602. The number of allylic oxidation sites excluding steroid dienone is 2. The van der Waals surface area contributed by atoms with Gasteiger partial charge in [0.1, 0.15) is 0 Å². The Balaban J connectivity index is 0.000000183. The van der Waals surface area contributed by atoms with Crippen molar-refractivity contribution in [2.24, 2.45) is 0 Å². The van der Waals surface area contributed by atoms with Crippen LogP contribution in [0.3, 0.4) is 0 Å². The Bertz CT molecular complexity index is 6640. The van der Waals surface area contributed by atoms with E-state index in [2.05, 4.69) is 242 Å². The zero-order chi connectivity index (χ0) is 101. The van der Waals surface area contributed by atoms with Gasteiger partial charge in [-0.3, -0.25) is 4.79 Å². The van der Waals surface area contributed by atoms with E-state index in [0.29, 0.717) is 0 Å². The fourth-order valence-corrected chi connectivity index (χ4v) is 14.4. The van der Waals surface area contributed by atoms with Crippen molar-refractivity contribution in [3.8, 4) is 135 Å². The molecule has 0 bridgehead atoms. The van der Waals surface area contributed by atoms with E-state index in [1.54, 1.807) is 55.8 Å². The molecule has 0 fully saturated rings. The average molecular weight is 2650 g/mol. The molecular weight excluding hydrogens is 2540 g/mol. The number of pyridine rings is 10. The van der Waals surface area contributed by atoms with E-state index in [0.717, 1.165) is 108 Å². The third kappa shape index (κ3) is 39.7. The summed E-state index contributed by atoms with van der Waals surface area (Å²) in [6.07, 6.45) is 19.5. The molecule has 11 heterocycles. The molecule has 0 aliphatic carbocycles. The number of rotatable bonds is 12. The van der Waals surface area contributed by atoms with Crippen molar-refractivity contribution >= 4 is 5.78 Å². The predicted molar refractivity (Wildman–Crippen MR) is 589 cm³/mol. The van der Waals surface area contributed by atoms with Crippen molar-refractivity contribution in [1.29, 1.82) is 0 Å². The number of aryl methyl sites for hydroxylation is 5. The maximum Gasteiger partial charge on any atom is 3.00 e. The summed E-state index contributed by atoms with van der Waals surface area (Å²) in [7, 11) is 0. The van der Waals surface area contributed by atoms with Crippen LogP contribution in [0.2, 0.25) is 0 Å². The first-order valence-corrected chi connectivity index (χ1v) is 47.4. The van der Waals surface area contributed by atoms with Crippen LogP contribution in [-0.4, -0.2) is 55.7 Å². The van der Waals surface area contributed by atoms with Crippen LogP contribution in [0, 0.1) is 89.2 Å². The first kappa shape index (κ1) is 117. The molecule has 22 aromatic rings. The largest absolute Gasteiger partial charge is 3.00 e. The van der Waals surface area contributed by atoms with Crippen molar-refractivity contribution in [2.45, 2.75) is 55.0 Å². The van der Waals surface area contributed by atoms with Gasteiger partial charge >= 0.3 is 40.2 Å². The van der Waals surface area contributed by atoms with Gasteiger partial charge in [-0.1, -0.05) is 196 Å². The Hall–Kier alpha value is -16.1. The monoisotopic (exact) mass is 2650 g/mol. The summed E-state index contributed by atoms with van der Waals surface area (Å²) in [5.74, 6) is -0.0625. The first-order chi connectivity index (χ1) is 71.2. The summed E-state index contributed by atoms with van der Waals surface area (Å²) in [6.45, 7) is 14.3. The van der Waals surface area contributed by atoms with Gasteiger partial charge in [0.05, 0.1) is 11.3 Å². The van der Waals surface area contributed by atoms with Gasteiger partial charge in [0.15, 0.2) is 18.5 Å².